The number of unbranched alkanes of at least 4 members (excludes halogenated alkanes) is 15. The van der Waals surface area contributed by atoms with E-state index in [2.05, 4.69) is 49.0 Å². The molecule has 142 valence electrons. The maximum absolute atomic E-state index is 2.74. The molecule has 0 rings (SSSR count). The first kappa shape index (κ1) is 24.2. The van der Waals surface area contributed by atoms with Crippen LogP contribution in [-0.2, 0) is 0 Å². The van der Waals surface area contributed by atoms with Gasteiger partial charge in [-0.3, -0.25) is 0 Å². The van der Waals surface area contributed by atoms with Gasteiger partial charge in [-0.25, -0.2) is 0 Å². The maximum atomic E-state index is 2.74. The van der Waals surface area contributed by atoms with E-state index in [0.29, 0.717) is 0 Å². The van der Waals surface area contributed by atoms with Gasteiger partial charge in [-0.15, -0.1) is 0 Å². The third-order valence-corrected chi connectivity index (χ3v) is 8.04. The van der Waals surface area contributed by atoms with E-state index in [1.807, 2.05) is 0 Å². The molecular formula is C21H46IP. The average Bonchev–Trinajstić information content (AvgIpc) is 2.45. The average molecular weight is 456 g/mol. The molecule has 0 aromatic heterocycles. The molecule has 0 N–H and O–H groups in total. The van der Waals surface area contributed by atoms with Gasteiger partial charge in [0.1, 0.15) is 0 Å². The molecule has 0 fully saturated rings. The van der Waals surface area contributed by atoms with E-state index in [9.17, 15) is 0 Å². The number of rotatable bonds is 17. The molecule has 23 heavy (non-hydrogen) atoms. The molecule has 0 bridgehead atoms. The van der Waals surface area contributed by atoms with Crippen LogP contribution in [0.4, 0.5) is 0 Å². The standard InChI is InChI=1S/C21H46IP/c1-5-6-7-8-9-10-11-12-13-14-15-16-17-18-19-20-21-23(2,3,4)22/h5-21H2,1-4H3. The topological polar surface area (TPSA) is 0 Å². The van der Waals surface area contributed by atoms with Crippen LogP contribution in [0, 0.1) is 0 Å². The van der Waals surface area contributed by atoms with Crippen molar-refractivity contribution in [1.29, 1.82) is 0 Å². The van der Waals surface area contributed by atoms with Gasteiger partial charge in [0.2, 0.25) is 0 Å². The van der Waals surface area contributed by atoms with Crippen LogP contribution in [-0.4, -0.2) is 26.2 Å². The van der Waals surface area contributed by atoms with Crippen molar-refractivity contribution in [3.05, 3.63) is 0 Å². The van der Waals surface area contributed by atoms with Gasteiger partial charge in [0.15, 0.2) is 0 Å². The molecule has 0 saturated heterocycles. The molecule has 0 radical (unpaired) electrons. The monoisotopic (exact) mass is 456 g/mol. The molecule has 0 unspecified atom stereocenters. The zero-order valence-electron chi connectivity index (χ0n) is 16.8. The Balaban J connectivity index is 3.08. The van der Waals surface area contributed by atoms with Gasteiger partial charge in [-0.05, 0) is 0 Å². The van der Waals surface area contributed by atoms with Crippen molar-refractivity contribution in [2.24, 2.45) is 0 Å². The van der Waals surface area contributed by atoms with Crippen LogP contribution in [0.5, 0.6) is 0 Å². The van der Waals surface area contributed by atoms with E-state index < -0.39 is 4.25 Å². The fourth-order valence-corrected chi connectivity index (χ4v) is 5.51. The van der Waals surface area contributed by atoms with Crippen LogP contribution in [0.25, 0.3) is 0 Å². The Morgan fingerprint density at radius 3 is 1.00 bits per heavy atom. The van der Waals surface area contributed by atoms with Crippen LogP contribution in [0.15, 0.2) is 0 Å². The van der Waals surface area contributed by atoms with Crippen LogP contribution in [0.1, 0.15) is 110 Å². The second kappa shape index (κ2) is 14.3. The summed E-state index contributed by atoms with van der Waals surface area (Å²) in [5.41, 5.74) is 0. The zero-order chi connectivity index (χ0) is 17.5. The molecule has 2 heteroatoms. The predicted molar refractivity (Wildman–Crippen MR) is 123 cm³/mol. The predicted octanol–water partition coefficient (Wildman–Crippen LogP) is 9.04. The van der Waals surface area contributed by atoms with E-state index in [4.69, 9.17) is 0 Å². The van der Waals surface area contributed by atoms with Gasteiger partial charge in [-0.1, -0.05) is 39.0 Å². The fourth-order valence-electron chi connectivity index (χ4n) is 3.19. The summed E-state index contributed by atoms with van der Waals surface area (Å²) in [5.74, 6) is 0. The number of hydrogen-bond acceptors (Lipinski definition) is 0. The van der Waals surface area contributed by atoms with Gasteiger partial charge < -0.3 is 0 Å². The third kappa shape index (κ3) is 23.2. The van der Waals surface area contributed by atoms with Crippen LogP contribution >= 0.6 is 26.3 Å². The Morgan fingerprint density at radius 1 is 0.478 bits per heavy atom. The molecule has 0 nitrogen and oxygen atoms in total. The summed E-state index contributed by atoms with van der Waals surface area (Å²) in [5, 5.41) is 0. The van der Waals surface area contributed by atoms with Crippen molar-refractivity contribution in [3.63, 3.8) is 0 Å². The Labute approximate surface area is 161 Å². The van der Waals surface area contributed by atoms with Crippen LogP contribution in [0.3, 0.4) is 0 Å². The summed E-state index contributed by atoms with van der Waals surface area (Å²) in [7, 11) is 0. The molecule has 0 heterocycles. The molecule has 0 aliphatic carbocycles. The first-order valence-electron chi connectivity index (χ1n) is 10.5. The summed E-state index contributed by atoms with van der Waals surface area (Å²) >= 11 is 2.74. The van der Waals surface area contributed by atoms with Gasteiger partial charge in [0, 0.05) is 0 Å². The first-order valence-corrected chi connectivity index (χ1v) is 17.1. The van der Waals surface area contributed by atoms with Crippen molar-refractivity contribution in [2.75, 3.05) is 26.2 Å². The van der Waals surface area contributed by atoms with E-state index >= 15 is 0 Å². The molecule has 0 aromatic carbocycles. The second-order valence-corrected chi connectivity index (χ2v) is 26.0. The number of hydrogen-bond donors (Lipinski definition) is 0. The minimum absolute atomic E-state index is 1.25. The molecule has 0 aliphatic rings. The van der Waals surface area contributed by atoms with Crippen molar-refractivity contribution in [2.45, 2.75) is 110 Å². The Bertz CT molecular complexity index is 245. The van der Waals surface area contributed by atoms with Gasteiger partial charge in [0.25, 0.3) is 0 Å². The summed E-state index contributed by atoms with van der Waals surface area (Å²) in [6.07, 6.45) is 25.0. The summed E-state index contributed by atoms with van der Waals surface area (Å²) in [6, 6.07) is 0. The van der Waals surface area contributed by atoms with E-state index in [0.717, 1.165) is 0 Å². The van der Waals surface area contributed by atoms with Crippen LogP contribution in [0.2, 0.25) is 0 Å². The van der Waals surface area contributed by atoms with Gasteiger partial charge >= 0.3 is 123 Å². The summed E-state index contributed by atoms with van der Waals surface area (Å²) in [4.78, 5) is 0. The summed E-state index contributed by atoms with van der Waals surface area (Å²) in [6.45, 7) is 9.79. The molecule has 0 saturated carbocycles. The Morgan fingerprint density at radius 2 is 0.739 bits per heavy atom. The Kier molecular flexibility index (Phi) is 15.1. The van der Waals surface area contributed by atoms with Crippen LogP contribution < -0.4 is 0 Å². The minimum atomic E-state index is -1.25. The van der Waals surface area contributed by atoms with Gasteiger partial charge in [0.05, 0.1) is 0 Å². The SMILES string of the molecule is CCCCCCCCCCCCCCCCCCP(C)(C)(C)I. The second-order valence-electron chi connectivity index (χ2n) is 8.94. The molecule has 0 aromatic rings. The molecular weight excluding hydrogens is 410 g/mol. The molecule has 0 amide bonds. The summed E-state index contributed by atoms with van der Waals surface area (Å²) < 4.78 is -1.25. The molecule has 0 atom stereocenters. The van der Waals surface area contributed by atoms with E-state index in [-0.39, 0.29) is 0 Å². The van der Waals surface area contributed by atoms with Crippen molar-refractivity contribution in [3.8, 4) is 0 Å². The fraction of sp³-hybridized carbons (Fsp3) is 1.00. The van der Waals surface area contributed by atoms with Crippen molar-refractivity contribution in [1.82, 2.24) is 0 Å². The Hall–Kier alpha value is 1.16. The zero-order valence-corrected chi connectivity index (χ0v) is 19.9. The van der Waals surface area contributed by atoms with Gasteiger partial charge in [-0.2, -0.15) is 0 Å². The van der Waals surface area contributed by atoms with E-state index in [1.165, 1.54) is 109 Å². The van der Waals surface area contributed by atoms with E-state index in [1.54, 1.807) is 0 Å². The van der Waals surface area contributed by atoms with Crippen molar-refractivity contribution >= 4 is 26.3 Å². The number of halogens is 1. The normalized spacial score (nSPS) is 13.9. The third-order valence-electron chi connectivity index (χ3n) is 4.77. The van der Waals surface area contributed by atoms with Crippen molar-refractivity contribution < 1.29 is 0 Å². The quantitative estimate of drug-likeness (QED) is 0.116. The molecule has 0 spiro atoms. The first-order chi connectivity index (χ1) is 10.8. The molecule has 0 aliphatic heterocycles.